The Hall–Kier alpha value is -3.02. The van der Waals surface area contributed by atoms with Crippen molar-refractivity contribution < 1.29 is 19.4 Å². The smallest absolute Gasteiger partial charge is 0.243 e. The molecule has 0 aliphatic rings. The lowest BCUT2D eigenvalue weighted by Crippen LogP contribution is -2.38. The third kappa shape index (κ3) is 5.53. The summed E-state index contributed by atoms with van der Waals surface area (Å²) >= 11 is 0. The van der Waals surface area contributed by atoms with Gasteiger partial charge in [-0.2, -0.15) is 0 Å². The molecule has 132 valence electrons. The maximum absolute atomic E-state index is 12.4. The molecule has 2 amide bonds. The van der Waals surface area contributed by atoms with Crippen molar-refractivity contribution in [3.8, 4) is 11.5 Å². The number of hydrogen-bond acceptors (Lipinski definition) is 4. The predicted molar refractivity (Wildman–Crippen MR) is 95.7 cm³/mol. The highest BCUT2D eigenvalue weighted by Crippen LogP contribution is 2.16. The van der Waals surface area contributed by atoms with Crippen LogP contribution in [0.3, 0.4) is 0 Å². The Morgan fingerprint density at radius 2 is 1.88 bits per heavy atom. The third-order valence-electron chi connectivity index (χ3n) is 3.71. The normalized spacial score (nSPS) is 10.2. The first-order valence-electron chi connectivity index (χ1n) is 8.01. The molecular formula is C19H22N2O4. The van der Waals surface area contributed by atoms with Crippen LogP contribution in [0.15, 0.2) is 48.5 Å². The fourth-order valence-electron chi connectivity index (χ4n) is 2.35. The minimum absolute atomic E-state index is 0.0232. The number of amides is 2. The average molecular weight is 342 g/mol. The maximum Gasteiger partial charge on any atom is 0.243 e. The summed E-state index contributed by atoms with van der Waals surface area (Å²) in [7, 11) is 1.56. The molecule has 2 aromatic rings. The van der Waals surface area contributed by atoms with E-state index < -0.39 is 0 Å². The molecule has 0 aliphatic carbocycles. The summed E-state index contributed by atoms with van der Waals surface area (Å²) in [6.07, 6.45) is 0.181. The summed E-state index contributed by atoms with van der Waals surface area (Å²) in [5.41, 5.74) is 1.40. The van der Waals surface area contributed by atoms with Crippen molar-refractivity contribution in [2.75, 3.05) is 25.5 Å². The number of phenols is 1. The molecule has 0 radical (unpaired) electrons. The van der Waals surface area contributed by atoms with Crippen LogP contribution in [0.25, 0.3) is 0 Å². The largest absolute Gasteiger partial charge is 0.508 e. The molecule has 0 saturated heterocycles. The summed E-state index contributed by atoms with van der Waals surface area (Å²) < 4.78 is 5.12. The van der Waals surface area contributed by atoms with Gasteiger partial charge < -0.3 is 20.1 Å². The fraction of sp³-hybridized carbons (Fsp3) is 0.263. The van der Waals surface area contributed by atoms with Crippen LogP contribution >= 0.6 is 0 Å². The van der Waals surface area contributed by atoms with Gasteiger partial charge in [0.05, 0.1) is 20.1 Å². The second-order valence-electron chi connectivity index (χ2n) is 5.53. The maximum atomic E-state index is 12.4. The zero-order chi connectivity index (χ0) is 18.2. The number of ether oxygens (including phenoxy) is 1. The molecule has 6 heteroatoms. The fourth-order valence-corrected chi connectivity index (χ4v) is 2.35. The molecule has 0 fully saturated rings. The van der Waals surface area contributed by atoms with E-state index in [4.69, 9.17) is 4.74 Å². The van der Waals surface area contributed by atoms with Gasteiger partial charge in [-0.3, -0.25) is 9.59 Å². The number of phenolic OH excluding ortho intramolecular Hbond substituents is 1. The van der Waals surface area contributed by atoms with Crippen LogP contribution in [0.4, 0.5) is 5.69 Å². The van der Waals surface area contributed by atoms with Crippen LogP contribution in [-0.2, 0) is 16.0 Å². The highest BCUT2D eigenvalue weighted by Gasteiger charge is 2.16. The van der Waals surface area contributed by atoms with Crippen molar-refractivity contribution >= 4 is 17.5 Å². The van der Waals surface area contributed by atoms with Gasteiger partial charge in [0.25, 0.3) is 0 Å². The van der Waals surface area contributed by atoms with Gasteiger partial charge in [-0.05, 0) is 36.8 Å². The molecule has 0 unspecified atom stereocenters. The molecule has 0 saturated carbocycles. The number of hydrogen-bond donors (Lipinski definition) is 2. The number of carbonyl (C=O) groups is 2. The van der Waals surface area contributed by atoms with Crippen molar-refractivity contribution in [1.29, 1.82) is 0 Å². The first-order valence-corrected chi connectivity index (χ1v) is 8.01. The van der Waals surface area contributed by atoms with Crippen LogP contribution in [0.2, 0.25) is 0 Å². The van der Waals surface area contributed by atoms with E-state index in [1.165, 1.54) is 17.0 Å². The lowest BCUT2D eigenvalue weighted by Gasteiger charge is -2.20. The molecule has 2 aromatic carbocycles. The molecule has 0 aliphatic heterocycles. The van der Waals surface area contributed by atoms with Crippen molar-refractivity contribution in [2.24, 2.45) is 0 Å². The number of nitrogens with one attached hydrogen (secondary N) is 1. The first-order chi connectivity index (χ1) is 12.0. The predicted octanol–water partition coefficient (Wildman–Crippen LogP) is 2.43. The van der Waals surface area contributed by atoms with Gasteiger partial charge in [0.15, 0.2) is 0 Å². The molecule has 0 heterocycles. The van der Waals surface area contributed by atoms with E-state index >= 15 is 0 Å². The zero-order valence-electron chi connectivity index (χ0n) is 14.4. The summed E-state index contributed by atoms with van der Waals surface area (Å²) in [4.78, 5) is 26.1. The number of rotatable bonds is 7. The number of anilines is 1. The Morgan fingerprint density at radius 1 is 1.16 bits per heavy atom. The van der Waals surface area contributed by atoms with E-state index in [-0.39, 0.29) is 30.5 Å². The molecule has 2 rings (SSSR count). The molecule has 25 heavy (non-hydrogen) atoms. The second kappa shape index (κ2) is 8.73. The van der Waals surface area contributed by atoms with Crippen LogP contribution in [0, 0.1) is 0 Å². The van der Waals surface area contributed by atoms with Crippen LogP contribution in [0.1, 0.15) is 12.5 Å². The monoisotopic (exact) mass is 342 g/mol. The quantitative estimate of drug-likeness (QED) is 0.810. The van der Waals surface area contributed by atoms with Crippen molar-refractivity contribution in [2.45, 2.75) is 13.3 Å². The Bertz CT molecular complexity index is 728. The van der Waals surface area contributed by atoms with Crippen LogP contribution in [-0.4, -0.2) is 42.0 Å². The Kier molecular flexibility index (Phi) is 6.39. The van der Waals surface area contributed by atoms with Crippen molar-refractivity contribution in [1.82, 2.24) is 4.90 Å². The standard InChI is InChI=1S/C19H22N2O4/c1-3-21(19(24)11-14-7-9-16(22)10-8-14)13-18(23)20-15-5-4-6-17(12-15)25-2/h4-10,12,22H,3,11,13H2,1-2H3,(H,20,23). The number of methoxy groups -OCH3 is 1. The van der Waals surface area contributed by atoms with E-state index in [0.29, 0.717) is 18.0 Å². The van der Waals surface area contributed by atoms with Crippen LogP contribution in [0.5, 0.6) is 11.5 Å². The molecule has 0 atom stereocenters. The van der Waals surface area contributed by atoms with E-state index in [1.54, 1.807) is 43.5 Å². The number of carbonyl (C=O) groups excluding carboxylic acids is 2. The Morgan fingerprint density at radius 3 is 2.52 bits per heavy atom. The lowest BCUT2D eigenvalue weighted by atomic mass is 10.1. The van der Waals surface area contributed by atoms with E-state index in [0.717, 1.165) is 5.56 Å². The second-order valence-corrected chi connectivity index (χ2v) is 5.53. The summed E-state index contributed by atoms with van der Waals surface area (Å²) in [5, 5.41) is 12.0. The van der Waals surface area contributed by atoms with Gasteiger partial charge in [-0.25, -0.2) is 0 Å². The molecule has 0 aromatic heterocycles. The average Bonchev–Trinajstić information content (AvgIpc) is 2.61. The van der Waals surface area contributed by atoms with Gasteiger partial charge in [0.1, 0.15) is 11.5 Å². The Balaban J connectivity index is 1.94. The molecule has 2 N–H and O–H groups in total. The lowest BCUT2D eigenvalue weighted by molar-refractivity contribution is -0.133. The zero-order valence-corrected chi connectivity index (χ0v) is 14.4. The minimum Gasteiger partial charge on any atom is -0.508 e. The molecule has 0 spiro atoms. The van der Waals surface area contributed by atoms with Gasteiger partial charge in [0.2, 0.25) is 11.8 Å². The molecule has 6 nitrogen and oxygen atoms in total. The van der Waals surface area contributed by atoms with Gasteiger partial charge >= 0.3 is 0 Å². The summed E-state index contributed by atoms with van der Waals surface area (Å²) in [6, 6.07) is 13.5. The molecule has 0 bridgehead atoms. The van der Waals surface area contributed by atoms with Gasteiger partial charge in [0, 0.05) is 18.3 Å². The highest BCUT2D eigenvalue weighted by atomic mass is 16.5. The highest BCUT2D eigenvalue weighted by molar-refractivity contribution is 5.94. The number of benzene rings is 2. The number of nitrogens with zero attached hydrogens (tertiary/aromatic N) is 1. The number of likely N-dealkylation sites (N-methyl/N-ethyl adjacent to an activating group) is 1. The Labute approximate surface area is 147 Å². The van der Waals surface area contributed by atoms with Gasteiger partial charge in [-0.15, -0.1) is 0 Å². The number of aromatic hydroxyl groups is 1. The van der Waals surface area contributed by atoms with Gasteiger partial charge in [-0.1, -0.05) is 18.2 Å². The third-order valence-corrected chi connectivity index (χ3v) is 3.71. The molecular weight excluding hydrogens is 320 g/mol. The topological polar surface area (TPSA) is 78.9 Å². The summed E-state index contributed by atoms with van der Waals surface area (Å²) in [5.74, 6) is 0.387. The summed E-state index contributed by atoms with van der Waals surface area (Å²) in [6.45, 7) is 2.24. The van der Waals surface area contributed by atoms with Crippen molar-refractivity contribution in [3.63, 3.8) is 0 Å². The SMILES string of the molecule is CCN(CC(=O)Nc1cccc(OC)c1)C(=O)Cc1ccc(O)cc1. The first kappa shape index (κ1) is 18.3. The van der Waals surface area contributed by atoms with Crippen molar-refractivity contribution in [3.05, 3.63) is 54.1 Å². The minimum atomic E-state index is -0.269. The van der Waals surface area contributed by atoms with E-state index in [1.807, 2.05) is 6.92 Å². The van der Waals surface area contributed by atoms with E-state index in [9.17, 15) is 14.7 Å². The van der Waals surface area contributed by atoms with E-state index in [2.05, 4.69) is 5.32 Å². The van der Waals surface area contributed by atoms with Crippen LogP contribution < -0.4 is 10.1 Å².